The van der Waals surface area contributed by atoms with Gasteiger partial charge in [0.2, 0.25) is 6.04 Å². The summed E-state index contributed by atoms with van der Waals surface area (Å²) in [5.74, 6) is -0.369. The molecular formula is C10H8N2O4. The van der Waals surface area contributed by atoms with E-state index >= 15 is 0 Å². The number of nitrogens with zero attached hydrogens (tertiary/aromatic N) is 2. The molecule has 1 aromatic rings. The normalized spacial score (nSPS) is 18.2. The lowest BCUT2D eigenvalue weighted by Crippen LogP contribution is -2.39. The summed E-state index contributed by atoms with van der Waals surface area (Å²) in [6.07, 6.45) is 2.48. The van der Waals surface area contributed by atoms with Crippen LogP contribution in [0, 0.1) is 10.1 Å². The number of rotatable bonds is 3. The third kappa shape index (κ3) is 1.72. The van der Waals surface area contributed by atoms with E-state index in [-0.39, 0.29) is 5.78 Å². The maximum atomic E-state index is 11.9. The first-order chi connectivity index (χ1) is 7.70. The smallest absolute Gasteiger partial charge is 0.215 e. The van der Waals surface area contributed by atoms with Crippen molar-refractivity contribution in [1.82, 2.24) is 5.17 Å². The van der Waals surface area contributed by atoms with Crippen molar-refractivity contribution >= 4 is 5.78 Å². The second-order valence-electron chi connectivity index (χ2n) is 3.15. The summed E-state index contributed by atoms with van der Waals surface area (Å²) < 4.78 is 0. The van der Waals surface area contributed by atoms with Crippen LogP contribution in [0.4, 0.5) is 0 Å². The lowest BCUT2D eigenvalue weighted by atomic mass is 10.1. The van der Waals surface area contributed by atoms with Gasteiger partial charge in [0.25, 0.3) is 0 Å². The SMILES string of the molecule is O=C(c1ccccc1)C1C=CON1[N+](=O)[O-]. The summed E-state index contributed by atoms with van der Waals surface area (Å²) in [4.78, 5) is 27.0. The Morgan fingerprint density at radius 1 is 1.38 bits per heavy atom. The molecule has 0 saturated carbocycles. The van der Waals surface area contributed by atoms with Crippen LogP contribution < -0.4 is 0 Å². The summed E-state index contributed by atoms with van der Waals surface area (Å²) in [7, 11) is 0. The Labute approximate surface area is 90.8 Å². The van der Waals surface area contributed by atoms with Gasteiger partial charge in [0.05, 0.1) is 5.17 Å². The maximum absolute atomic E-state index is 11.9. The van der Waals surface area contributed by atoms with E-state index in [1.807, 2.05) is 0 Å². The number of carbonyl (C=O) groups excluding carboxylic acids is 1. The average molecular weight is 220 g/mol. The van der Waals surface area contributed by atoms with Crippen LogP contribution in [0.1, 0.15) is 10.4 Å². The minimum Gasteiger partial charge on any atom is -0.336 e. The van der Waals surface area contributed by atoms with Crippen molar-refractivity contribution in [2.24, 2.45) is 0 Å². The molecule has 82 valence electrons. The number of nitro groups is 1. The molecule has 6 heteroatoms. The van der Waals surface area contributed by atoms with E-state index in [1.54, 1.807) is 30.3 Å². The van der Waals surface area contributed by atoms with Gasteiger partial charge in [-0.2, -0.15) is 0 Å². The predicted octanol–water partition coefficient (Wildman–Crippen LogP) is 1.19. The molecule has 1 heterocycles. The number of benzene rings is 1. The fourth-order valence-corrected chi connectivity index (χ4v) is 1.41. The molecule has 16 heavy (non-hydrogen) atoms. The molecular weight excluding hydrogens is 212 g/mol. The number of hydroxylamine groups is 1. The second-order valence-corrected chi connectivity index (χ2v) is 3.15. The van der Waals surface area contributed by atoms with Crippen LogP contribution in [0.25, 0.3) is 0 Å². The van der Waals surface area contributed by atoms with Crippen molar-refractivity contribution in [3.63, 3.8) is 0 Å². The molecule has 0 amide bonds. The van der Waals surface area contributed by atoms with E-state index in [2.05, 4.69) is 4.84 Å². The highest BCUT2D eigenvalue weighted by atomic mass is 16.8. The number of carbonyl (C=O) groups is 1. The standard InChI is InChI=1S/C10H8N2O4/c13-10(8-4-2-1-3-5-8)9-6-7-16-11(9)12(14)15/h1-7,9H. The topological polar surface area (TPSA) is 72.7 Å². The highest BCUT2D eigenvalue weighted by Crippen LogP contribution is 2.16. The van der Waals surface area contributed by atoms with Crippen molar-refractivity contribution in [1.29, 1.82) is 0 Å². The zero-order chi connectivity index (χ0) is 11.5. The average Bonchev–Trinajstić information content (AvgIpc) is 2.78. The molecule has 1 aromatic carbocycles. The summed E-state index contributed by atoms with van der Waals surface area (Å²) >= 11 is 0. The molecule has 0 radical (unpaired) electrons. The Balaban J connectivity index is 2.22. The molecule has 1 unspecified atom stereocenters. The number of hydrogen-bond acceptors (Lipinski definition) is 4. The summed E-state index contributed by atoms with van der Waals surface area (Å²) in [6, 6.07) is 7.37. The van der Waals surface area contributed by atoms with E-state index in [9.17, 15) is 14.9 Å². The highest BCUT2D eigenvalue weighted by molar-refractivity contribution is 6.01. The third-order valence-electron chi connectivity index (χ3n) is 2.16. The molecule has 0 N–H and O–H groups in total. The van der Waals surface area contributed by atoms with Gasteiger partial charge in [0.15, 0.2) is 10.8 Å². The molecule has 1 atom stereocenters. The monoisotopic (exact) mass is 220 g/mol. The van der Waals surface area contributed by atoms with Crippen LogP contribution in [0.15, 0.2) is 42.7 Å². The molecule has 6 nitrogen and oxygen atoms in total. The van der Waals surface area contributed by atoms with Crippen molar-refractivity contribution < 1.29 is 14.7 Å². The Bertz CT molecular complexity index is 443. The zero-order valence-corrected chi connectivity index (χ0v) is 8.15. The minimum absolute atomic E-state index is 0.369. The van der Waals surface area contributed by atoms with Crippen LogP contribution in [-0.2, 0) is 4.84 Å². The fourth-order valence-electron chi connectivity index (χ4n) is 1.41. The third-order valence-corrected chi connectivity index (χ3v) is 2.16. The van der Waals surface area contributed by atoms with E-state index in [0.29, 0.717) is 10.7 Å². The van der Waals surface area contributed by atoms with Gasteiger partial charge < -0.3 is 4.84 Å². The van der Waals surface area contributed by atoms with Gasteiger partial charge in [-0.1, -0.05) is 30.3 Å². The van der Waals surface area contributed by atoms with Gasteiger partial charge in [-0.25, -0.2) is 10.1 Å². The molecule has 0 spiro atoms. The lowest BCUT2D eigenvalue weighted by molar-refractivity contribution is -0.725. The molecule has 0 bridgehead atoms. The van der Waals surface area contributed by atoms with Gasteiger partial charge in [0.1, 0.15) is 6.26 Å². The van der Waals surface area contributed by atoms with Gasteiger partial charge in [0, 0.05) is 5.56 Å². The Kier molecular flexibility index (Phi) is 2.55. The maximum Gasteiger partial charge on any atom is 0.215 e. The van der Waals surface area contributed by atoms with Crippen molar-refractivity contribution in [2.75, 3.05) is 0 Å². The van der Waals surface area contributed by atoms with Crippen molar-refractivity contribution in [2.45, 2.75) is 6.04 Å². The van der Waals surface area contributed by atoms with Crippen LogP contribution in [0.3, 0.4) is 0 Å². The molecule has 2 rings (SSSR count). The number of ketones is 1. The minimum atomic E-state index is -1.00. The number of hydrogen-bond donors (Lipinski definition) is 0. The van der Waals surface area contributed by atoms with E-state index in [4.69, 9.17) is 0 Å². The van der Waals surface area contributed by atoms with Gasteiger partial charge in [-0.3, -0.25) is 4.79 Å². The Morgan fingerprint density at radius 3 is 2.69 bits per heavy atom. The Morgan fingerprint density at radius 2 is 2.06 bits per heavy atom. The van der Waals surface area contributed by atoms with Gasteiger partial charge in [-0.05, 0) is 6.08 Å². The lowest BCUT2D eigenvalue weighted by Gasteiger charge is -2.12. The largest absolute Gasteiger partial charge is 0.336 e. The summed E-state index contributed by atoms with van der Waals surface area (Å²) in [6.45, 7) is 0. The number of hydrazine groups is 1. The van der Waals surface area contributed by atoms with Crippen LogP contribution in [-0.4, -0.2) is 22.0 Å². The first-order valence-corrected chi connectivity index (χ1v) is 4.56. The number of Topliss-reactive ketones (excluding diaryl/α,β-unsaturated/α-hetero) is 1. The second kappa shape index (κ2) is 4.01. The van der Waals surface area contributed by atoms with Crippen LogP contribution in [0.2, 0.25) is 0 Å². The van der Waals surface area contributed by atoms with Gasteiger partial charge >= 0.3 is 0 Å². The van der Waals surface area contributed by atoms with Crippen molar-refractivity contribution in [3.05, 3.63) is 58.3 Å². The molecule has 0 aliphatic carbocycles. The zero-order valence-electron chi connectivity index (χ0n) is 8.15. The molecule has 1 aliphatic heterocycles. The Hall–Kier alpha value is -2.37. The van der Waals surface area contributed by atoms with Crippen molar-refractivity contribution in [3.8, 4) is 0 Å². The van der Waals surface area contributed by atoms with Crippen LogP contribution in [0.5, 0.6) is 0 Å². The summed E-state index contributed by atoms with van der Waals surface area (Å²) in [5.41, 5.74) is 0.412. The van der Waals surface area contributed by atoms with E-state index in [0.717, 1.165) is 6.26 Å². The first kappa shape index (κ1) is 10.2. The highest BCUT2D eigenvalue weighted by Gasteiger charge is 2.37. The predicted molar refractivity (Wildman–Crippen MR) is 53.6 cm³/mol. The molecule has 0 saturated heterocycles. The molecule has 0 fully saturated rings. The van der Waals surface area contributed by atoms with E-state index < -0.39 is 11.1 Å². The van der Waals surface area contributed by atoms with Crippen LogP contribution >= 0.6 is 0 Å². The van der Waals surface area contributed by atoms with E-state index in [1.165, 1.54) is 6.08 Å². The molecule has 0 aromatic heterocycles. The van der Waals surface area contributed by atoms with Gasteiger partial charge in [-0.15, -0.1) is 0 Å². The quantitative estimate of drug-likeness (QED) is 0.434. The summed E-state index contributed by atoms with van der Waals surface area (Å²) in [5, 5.41) is 10.2. The fraction of sp³-hybridized carbons (Fsp3) is 0.100. The first-order valence-electron chi connectivity index (χ1n) is 4.56. The molecule has 1 aliphatic rings.